The molecule has 2 aromatic rings. The molecule has 3 nitrogen and oxygen atoms in total. The van der Waals surface area contributed by atoms with Gasteiger partial charge >= 0.3 is 0 Å². The third-order valence-corrected chi connectivity index (χ3v) is 3.58. The summed E-state index contributed by atoms with van der Waals surface area (Å²) in [6, 6.07) is 10.7. The van der Waals surface area contributed by atoms with E-state index in [4.69, 9.17) is 16.9 Å². The van der Waals surface area contributed by atoms with Crippen molar-refractivity contribution >= 4 is 39.1 Å². The quantitative estimate of drug-likeness (QED) is 0.872. The van der Waals surface area contributed by atoms with Gasteiger partial charge < -0.3 is 5.32 Å². The average Bonchev–Trinajstić information content (AvgIpc) is 2.44. The highest BCUT2D eigenvalue weighted by atomic mass is 79.9. The van der Waals surface area contributed by atoms with Crippen molar-refractivity contribution in [3.05, 3.63) is 62.8 Å². The normalized spacial score (nSPS) is 9.90. The first-order valence-corrected chi connectivity index (χ1v) is 6.65. The lowest BCUT2D eigenvalue weighted by Gasteiger charge is -2.09. The number of hydrogen-bond acceptors (Lipinski definition) is 2. The zero-order valence-corrected chi connectivity index (χ0v) is 12.3. The summed E-state index contributed by atoms with van der Waals surface area (Å²) in [5.41, 5.74) is 0.968. The predicted octanol–water partition coefficient (Wildman–Crippen LogP) is 4.37. The van der Waals surface area contributed by atoms with Crippen LogP contribution in [-0.4, -0.2) is 5.91 Å². The molecule has 0 aliphatic carbocycles. The Labute approximate surface area is 128 Å². The summed E-state index contributed by atoms with van der Waals surface area (Å²) in [6.45, 7) is 0. The molecular weight excluding hydrogens is 347 g/mol. The number of hydrogen-bond donors (Lipinski definition) is 1. The van der Waals surface area contributed by atoms with Gasteiger partial charge in [-0.05, 0) is 46.3 Å². The number of amides is 1. The fourth-order valence-electron chi connectivity index (χ4n) is 1.55. The van der Waals surface area contributed by atoms with Crippen LogP contribution in [0.4, 0.5) is 10.1 Å². The van der Waals surface area contributed by atoms with E-state index in [2.05, 4.69) is 21.2 Å². The smallest absolute Gasteiger partial charge is 0.257 e. The van der Waals surface area contributed by atoms with Gasteiger partial charge in [0.05, 0.1) is 27.9 Å². The van der Waals surface area contributed by atoms with E-state index in [9.17, 15) is 9.18 Å². The molecule has 1 N–H and O–H groups in total. The first-order valence-electron chi connectivity index (χ1n) is 5.48. The first kappa shape index (κ1) is 14.5. The highest BCUT2D eigenvalue weighted by Crippen LogP contribution is 2.26. The van der Waals surface area contributed by atoms with Crippen LogP contribution < -0.4 is 5.32 Å². The maximum Gasteiger partial charge on any atom is 0.257 e. The molecule has 0 radical (unpaired) electrons. The van der Waals surface area contributed by atoms with E-state index in [1.54, 1.807) is 18.2 Å². The molecular formula is C14H7BrClFN2O. The number of benzene rings is 2. The minimum Gasteiger partial charge on any atom is -0.321 e. The van der Waals surface area contributed by atoms with Crippen LogP contribution in [0.3, 0.4) is 0 Å². The molecule has 0 fully saturated rings. The number of carbonyl (C=O) groups excluding carboxylic acids is 1. The Kier molecular flexibility index (Phi) is 4.38. The molecule has 0 bridgehead atoms. The van der Waals surface area contributed by atoms with Crippen LogP contribution in [0.1, 0.15) is 15.9 Å². The molecule has 0 saturated carbocycles. The molecule has 20 heavy (non-hydrogen) atoms. The molecule has 2 rings (SSSR count). The van der Waals surface area contributed by atoms with Gasteiger partial charge in [0.15, 0.2) is 0 Å². The lowest BCUT2D eigenvalue weighted by Crippen LogP contribution is -2.13. The third-order valence-electron chi connectivity index (χ3n) is 2.54. The van der Waals surface area contributed by atoms with Crippen molar-refractivity contribution in [2.75, 3.05) is 5.32 Å². The Morgan fingerprint density at radius 1 is 1.35 bits per heavy atom. The molecule has 0 heterocycles. The van der Waals surface area contributed by atoms with E-state index in [0.717, 1.165) is 0 Å². The van der Waals surface area contributed by atoms with E-state index in [1.807, 2.05) is 6.07 Å². The molecule has 0 unspecified atom stereocenters. The van der Waals surface area contributed by atoms with E-state index < -0.39 is 11.7 Å². The van der Waals surface area contributed by atoms with Crippen molar-refractivity contribution in [2.24, 2.45) is 0 Å². The van der Waals surface area contributed by atoms with Crippen LogP contribution in [0.25, 0.3) is 0 Å². The van der Waals surface area contributed by atoms with Crippen molar-refractivity contribution in [2.45, 2.75) is 0 Å². The Hall–Kier alpha value is -1.90. The van der Waals surface area contributed by atoms with Gasteiger partial charge in [-0.3, -0.25) is 4.79 Å². The van der Waals surface area contributed by atoms with Crippen molar-refractivity contribution in [1.82, 2.24) is 0 Å². The van der Waals surface area contributed by atoms with Crippen LogP contribution in [0.5, 0.6) is 0 Å². The fraction of sp³-hybridized carbons (Fsp3) is 0. The van der Waals surface area contributed by atoms with Gasteiger partial charge in [0, 0.05) is 4.47 Å². The van der Waals surface area contributed by atoms with Crippen molar-refractivity contribution in [3.63, 3.8) is 0 Å². The number of rotatable bonds is 2. The van der Waals surface area contributed by atoms with Gasteiger partial charge in [-0.1, -0.05) is 17.7 Å². The zero-order valence-electron chi connectivity index (χ0n) is 9.95. The maximum atomic E-state index is 13.3. The second-order valence-corrected chi connectivity index (χ2v) is 5.09. The molecule has 100 valence electrons. The molecule has 2 aromatic carbocycles. The maximum absolute atomic E-state index is 13.3. The molecule has 0 aliphatic rings. The fourth-order valence-corrected chi connectivity index (χ4v) is 2.24. The Morgan fingerprint density at radius 3 is 2.75 bits per heavy atom. The molecule has 1 amide bonds. The minimum absolute atomic E-state index is 0.0444. The van der Waals surface area contributed by atoms with Crippen molar-refractivity contribution < 1.29 is 9.18 Å². The number of nitrogens with zero attached hydrogens (tertiary/aromatic N) is 1. The first-order chi connectivity index (χ1) is 9.52. The Morgan fingerprint density at radius 2 is 2.10 bits per heavy atom. The van der Waals surface area contributed by atoms with Gasteiger partial charge in [-0.25, -0.2) is 4.39 Å². The summed E-state index contributed by atoms with van der Waals surface area (Å²) >= 11 is 9.00. The zero-order chi connectivity index (χ0) is 14.7. The summed E-state index contributed by atoms with van der Waals surface area (Å²) in [5.74, 6) is -1.18. The standard InChI is InChI=1S/C14H7BrClFN2O/c15-10-6-8(7-18)4-5-12(10)19-14(20)9-2-1-3-11(17)13(9)16/h1-6H,(H,19,20). The predicted molar refractivity (Wildman–Crippen MR) is 78.2 cm³/mol. The topological polar surface area (TPSA) is 52.9 Å². The number of carbonyl (C=O) groups is 1. The van der Waals surface area contributed by atoms with Crippen LogP contribution in [0.2, 0.25) is 5.02 Å². The largest absolute Gasteiger partial charge is 0.321 e. The summed E-state index contributed by atoms with van der Waals surface area (Å²) in [5, 5.41) is 11.1. The molecule has 6 heteroatoms. The Bertz CT molecular complexity index is 728. The van der Waals surface area contributed by atoms with Gasteiger partial charge in [-0.15, -0.1) is 0 Å². The summed E-state index contributed by atoms with van der Waals surface area (Å²) < 4.78 is 13.9. The van der Waals surface area contributed by atoms with Crippen molar-refractivity contribution in [1.29, 1.82) is 5.26 Å². The summed E-state index contributed by atoms with van der Waals surface area (Å²) in [6.07, 6.45) is 0. The molecule has 0 aromatic heterocycles. The lowest BCUT2D eigenvalue weighted by atomic mass is 10.2. The van der Waals surface area contributed by atoms with Gasteiger partial charge in [0.2, 0.25) is 0 Å². The van der Waals surface area contributed by atoms with Crippen LogP contribution in [0, 0.1) is 17.1 Å². The monoisotopic (exact) mass is 352 g/mol. The number of nitriles is 1. The second-order valence-electron chi connectivity index (χ2n) is 3.86. The lowest BCUT2D eigenvalue weighted by molar-refractivity contribution is 0.102. The Balaban J connectivity index is 2.29. The second kappa shape index (κ2) is 6.04. The summed E-state index contributed by atoms with van der Waals surface area (Å²) in [7, 11) is 0. The molecule has 0 saturated heterocycles. The molecule has 0 spiro atoms. The number of nitrogens with one attached hydrogen (secondary N) is 1. The highest BCUT2D eigenvalue weighted by molar-refractivity contribution is 9.10. The minimum atomic E-state index is -0.654. The van der Waals surface area contributed by atoms with E-state index in [1.165, 1.54) is 18.2 Å². The SMILES string of the molecule is N#Cc1ccc(NC(=O)c2cccc(F)c2Cl)c(Br)c1. The average molecular weight is 354 g/mol. The van der Waals surface area contributed by atoms with Crippen LogP contribution in [0.15, 0.2) is 40.9 Å². The van der Waals surface area contributed by atoms with E-state index in [0.29, 0.717) is 15.7 Å². The highest BCUT2D eigenvalue weighted by Gasteiger charge is 2.14. The van der Waals surface area contributed by atoms with Gasteiger partial charge in [0.1, 0.15) is 5.82 Å². The van der Waals surface area contributed by atoms with Crippen molar-refractivity contribution in [3.8, 4) is 6.07 Å². The third kappa shape index (κ3) is 2.98. The van der Waals surface area contributed by atoms with E-state index in [-0.39, 0.29) is 10.6 Å². The van der Waals surface area contributed by atoms with Crippen LogP contribution in [-0.2, 0) is 0 Å². The molecule has 0 aliphatic heterocycles. The van der Waals surface area contributed by atoms with Gasteiger partial charge in [-0.2, -0.15) is 5.26 Å². The number of anilines is 1. The summed E-state index contributed by atoms with van der Waals surface area (Å²) in [4.78, 5) is 12.0. The molecule has 0 atom stereocenters. The number of halogens is 3. The van der Waals surface area contributed by atoms with E-state index >= 15 is 0 Å². The van der Waals surface area contributed by atoms with Crippen LogP contribution >= 0.6 is 27.5 Å². The van der Waals surface area contributed by atoms with Gasteiger partial charge in [0.25, 0.3) is 5.91 Å².